The molecule has 0 aliphatic carbocycles. The van der Waals surface area contributed by atoms with Crippen LogP contribution in [0, 0.1) is 0 Å². The standard InChI is InChI=1S/C14H19NO2/c1-9(16)11-6-7-13(15-10(2)17)12(8-11)14(3,4)5/h6-8H,1-5H3,(H,15,17). The molecule has 0 saturated heterocycles. The number of rotatable bonds is 2. The zero-order chi connectivity index (χ0) is 13.2. The maximum absolute atomic E-state index is 11.4. The summed E-state index contributed by atoms with van der Waals surface area (Å²) < 4.78 is 0. The summed E-state index contributed by atoms with van der Waals surface area (Å²) in [6, 6.07) is 5.38. The summed E-state index contributed by atoms with van der Waals surface area (Å²) in [6.07, 6.45) is 0. The van der Waals surface area contributed by atoms with Gasteiger partial charge in [-0.05, 0) is 36.1 Å². The predicted molar refractivity (Wildman–Crippen MR) is 69.5 cm³/mol. The van der Waals surface area contributed by atoms with Gasteiger partial charge in [0, 0.05) is 18.2 Å². The molecule has 0 heterocycles. The summed E-state index contributed by atoms with van der Waals surface area (Å²) in [5.41, 5.74) is 2.29. The van der Waals surface area contributed by atoms with E-state index < -0.39 is 0 Å². The molecule has 0 saturated carbocycles. The Morgan fingerprint density at radius 1 is 1.12 bits per heavy atom. The number of carbonyl (C=O) groups excluding carboxylic acids is 2. The Kier molecular flexibility index (Phi) is 3.71. The van der Waals surface area contributed by atoms with E-state index in [1.54, 1.807) is 19.1 Å². The number of anilines is 1. The molecule has 0 fully saturated rings. The van der Waals surface area contributed by atoms with Gasteiger partial charge in [0.25, 0.3) is 0 Å². The molecule has 92 valence electrons. The lowest BCUT2D eigenvalue weighted by Crippen LogP contribution is -2.17. The van der Waals surface area contributed by atoms with Crippen molar-refractivity contribution in [2.75, 3.05) is 5.32 Å². The molecule has 3 nitrogen and oxygen atoms in total. The van der Waals surface area contributed by atoms with E-state index in [4.69, 9.17) is 0 Å². The highest BCUT2D eigenvalue weighted by molar-refractivity contribution is 5.96. The SMILES string of the molecule is CC(=O)Nc1ccc(C(C)=O)cc1C(C)(C)C. The van der Waals surface area contributed by atoms with E-state index >= 15 is 0 Å². The average Bonchev–Trinajstić information content (AvgIpc) is 2.15. The lowest BCUT2D eigenvalue weighted by molar-refractivity contribution is -0.114. The van der Waals surface area contributed by atoms with Gasteiger partial charge in [-0.1, -0.05) is 20.8 Å². The summed E-state index contributed by atoms with van der Waals surface area (Å²) in [5.74, 6) is -0.0732. The summed E-state index contributed by atoms with van der Waals surface area (Å²) in [5, 5.41) is 2.80. The van der Waals surface area contributed by atoms with Crippen LogP contribution in [0.25, 0.3) is 0 Å². The monoisotopic (exact) mass is 233 g/mol. The zero-order valence-corrected chi connectivity index (χ0v) is 11.0. The number of hydrogen-bond acceptors (Lipinski definition) is 2. The van der Waals surface area contributed by atoms with Gasteiger partial charge in [-0.15, -0.1) is 0 Å². The molecule has 0 radical (unpaired) electrons. The van der Waals surface area contributed by atoms with Gasteiger partial charge in [-0.2, -0.15) is 0 Å². The topological polar surface area (TPSA) is 46.2 Å². The molecule has 0 spiro atoms. The van der Waals surface area contributed by atoms with Crippen molar-refractivity contribution in [3.8, 4) is 0 Å². The second-order valence-corrected chi connectivity index (χ2v) is 5.25. The maximum atomic E-state index is 11.4. The highest BCUT2D eigenvalue weighted by Crippen LogP contribution is 2.30. The molecule has 1 aromatic carbocycles. The first-order chi connectivity index (χ1) is 7.71. The van der Waals surface area contributed by atoms with Crippen LogP contribution >= 0.6 is 0 Å². The third-order valence-electron chi connectivity index (χ3n) is 2.54. The number of Topliss-reactive ketones (excluding diaryl/α,β-unsaturated/α-hetero) is 1. The Hall–Kier alpha value is -1.64. The summed E-state index contributed by atoms with van der Waals surface area (Å²) in [6.45, 7) is 9.18. The molecule has 0 unspecified atom stereocenters. The molecule has 1 amide bonds. The highest BCUT2D eigenvalue weighted by atomic mass is 16.1. The van der Waals surface area contributed by atoms with E-state index in [2.05, 4.69) is 26.1 Å². The van der Waals surface area contributed by atoms with Crippen LogP contribution in [0.15, 0.2) is 18.2 Å². The van der Waals surface area contributed by atoms with Crippen LogP contribution in [0.2, 0.25) is 0 Å². The number of amides is 1. The van der Waals surface area contributed by atoms with E-state index in [0.29, 0.717) is 5.56 Å². The Labute approximate surface area is 102 Å². The molecule has 1 aromatic rings. The fraction of sp³-hybridized carbons (Fsp3) is 0.429. The van der Waals surface area contributed by atoms with Gasteiger partial charge in [-0.25, -0.2) is 0 Å². The van der Waals surface area contributed by atoms with Gasteiger partial charge in [0.1, 0.15) is 0 Å². The van der Waals surface area contributed by atoms with Crippen molar-refractivity contribution in [3.63, 3.8) is 0 Å². The Bertz CT molecular complexity index is 456. The lowest BCUT2D eigenvalue weighted by atomic mass is 9.84. The number of benzene rings is 1. The quantitative estimate of drug-likeness (QED) is 0.798. The van der Waals surface area contributed by atoms with E-state index in [1.165, 1.54) is 6.92 Å². The molecule has 0 aromatic heterocycles. The van der Waals surface area contributed by atoms with Crippen molar-refractivity contribution < 1.29 is 9.59 Å². The minimum Gasteiger partial charge on any atom is -0.326 e. The largest absolute Gasteiger partial charge is 0.326 e. The molecule has 0 aliphatic rings. The first-order valence-electron chi connectivity index (χ1n) is 5.65. The van der Waals surface area contributed by atoms with Crippen molar-refractivity contribution in [3.05, 3.63) is 29.3 Å². The smallest absolute Gasteiger partial charge is 0.221 e. The lowest BCUT2D eigenvalue weighted by Gasteiger charge is -2.23. The number of nitrogens with one attached hydrogen (secondary N) is 1. The number of hydrogen-bond donors (Lipinski definition) is 1. The minimum absolute atomic E-state index is 0.0323. The Balaban J connectivity index is 3.31. The fourth-order valence-electron chi connectivity index (χ4n) is 1.68. The molecule has 1 rings (SSSR count). The second-order valence-electron chi connectivity index (χ2n) is 5.25. The molecule has 17 heavy (non-hydrogen) atoms. The first kappa shape index (κ1) is 13.4. The summed E-state index contributed by atoms with van der Waals surface area (Å²) in [4.78, 5) is 22.5. The number of carbonyl (C=O) groups is 2. The van der Waals surface area contributed by atoms with Crippen molar-refractivity contribution in [2.45, 2.75) is 40.0 Å². The van der Waals surface area contributed by atoms with Crippen molar-refractivity contribution in [1.82, 2.24) is 0 Å². The molecular weight excluding hydrogens is 214 g/mol. The molecule has 3 heteroatoms. The van der Waals surface area contributed by atoms with Crippen LogP contribution in [0.1, 0.15) is 50.5 Å². The van der Waals surface area contributed by atoms with Crippen molar-refractivity contribution in [1.29, 1.82) is 0 Å². The van der Waals surface area contributed by atoms with Gasteiger partial charge in [0.15, 0.2) is 5.78 Å². The van der Waals surface area contributed by atoms with Crippen LogP contribution in [-0.2, 0) is 10.2 Å². The third-order valence-corrected chi connectivity index (χ3v) is 2.54. The molecule has 0 bridgehead atoms. The van der Waals surface area contributed by atoms with E-state index in [9.17, 15) is 9.59 Å². The molecule has 0 atom stereocenters. The normalized spacial score (nSPS) is 11.1. The second kappa shape index (κ2) is 4.70. The first-order valence-corrected chi connectivity index (χ1v) is 5.65. The van der Waals surface area contributed by atoms with Crippen molar-refractivity contribution >= 4 is 17.4 Å². The predicted octanol–water partition coefficient (Wildman–Crippen LogP) is 3.15. The summed E-state index contributed by atoms with van der Waals surface area (Å²) >= 11 is 0. The van der Waals surface area contributed by atoms with Gasteiger partial charge < -0.3 is 5.32 Å². The van der Waals surface area contributed by atoms with Crippen LogP contribution < -0.4 is 5.32 Å². The van der Waals surface area contributed by atoms with Crippen LogP contribution in [-0.4, -0.2) is 11.7 Å². The van der Waals surface area contributed by atoms with Crippen molar-refractivity contribution in [2.24, 2.45) is 0 Å². The molecule has 1 N–H and O–H groups in total. The fourth-order valence-corrected chi connectivity index (χ4v) is 1.68. The van der Waals surface area contributed by atoms with Gasteiger partial charge in [-0.3, -0.25) is 9.59 Å². The van der Waals surface area contributed by atoms with Crippen LogP contribution in [0.5, 0.6) is 0 Å². The zero-order valence-electron chi connectivity index (χ0n) is 11.0. The van der Waals surface area contributed by atoms with E-state index in [-0.39, 0.29) is 17.1 Å². The number of ketones is 1. The summed E-state index contributed by atoms with van der Waals surface area (Å²) in [7, 11) is 0. The minimum atomic E-state index is -0.122. The van der Waals surface area contributed by atoms with Gasteiger partial charge in [0.2, 0.25) is 5.91 Å². The highest BCUT2D eigenvalue weighted by Gasteiger charge is 2.19. The van der Waals surface area contributed by atoms with Gasteiger partial charge >= 0.3 is 0 Å². The van der Waals surface area contributed by atoms with Crippen LogP contribution in [0.3, 0.4) is 0 Å². The Morgan fingerprint density at radius 3 is 2.12 bits per heavy atom. The molecule has 0 aliphatic heterocycles. The third kappa shape index (κ3) is 3.41. The molecular formula is C14H19NO2. The Morgan fingerprint density at radius 2 is 1.71 bits per heavy atom. The van der Waals surface area contributed by atoms with Gasteiger partial charge in [0.05, 0.1) is 0 Å². The average molecular weight is 233 g/mol. The van der Waals surface area contributed by atoms with E-state index in [1.807, 2.05) is 6.07 Å². The maximum Gasteiger partial charge on any atom is 0.221 e. The van der Waals surface area contributed by atoms with E-state index in [0.717, 1.165) is 11.3 Å². The van der Waals surface area contributed by atoms with Crippen LogP contribution in [0.4, 0.5) is 5.69 Å².